The summed E-state index contributed by atoms with van der Waals surface area (Å²) in [4.78, 5) is 17.5. The minimum atomic E-state index is -0.503. The standard InChI is InChI=1S/C14H9ClN2O3/c15-12-13(19)16-7-17-14(12)20-11-6-9-4-2-1-3-8(9)5-10(11)18/h1-7,18H,(H,16,17,19). The number of benzene rings is 2. The van der Waals surface area contributed by atoms with Gasteiger partial charge in [0.05, 0.1) is 6.33 Å². The zero-order valence-electron chi connectivity index (χ0n) is 10.1. The van der Waals surface area contributed by atoms with Crippen molar-refractivity contribution in [3.8, 4) is 17.4 Å². The number of phenolic OH excluding ortho intramolecular Hbond substituents is 1. The van der Waals surface area contributed by atoms with Gasteiger partial charge in [-0.1, -0.05) is 35.9 Å². The largest absolute Gasteiger partial charge is 0.504 e. The lowest BCUT2D eigenvalue weighted by Crippen LogP contribution is -2.07. The van der Waals surface area contributed by atoms with Gasteiger partial charge in [0.1, 0.15) is 0 Å². The molecule has 0 fully saturated rings. The van der Waals surface area contributed by atoms with Crippen LogP contribution in [-0.2, 0) is 0 Å². The third-order valence-corrected chi connectivity index (χ3v) is 3.13. The Kier molecular flexibility index (Phi) is 3.04. The second-order valence-corrected chi connectivity index (χ2v) is 4.50. The maximum atomic E-state index is 11.4. The molecule has 20 heavy (non-hydrogen) atoms. The Bertz CT molecular complexity index is 845. The van der Waals surface area contributed by atoms with Gasteiger partial charge in [-0.2, -0.15) is 0 Å². The summed E-state index contributed by atoms with van der Waals surface area (Å²) in [6.45, 7) is 0. The minimum absolute atomic E-state index is 0.0538. The first-order chi connectivity index (χ1) is 9.65. The van der Waals surface area contributed by atoms with Crippen LogP contribution in [-0.4, -0.2) is 15.1 Å². The number of hydrogen-bond donors (Lipinski definition) is 2. The van der Waals surface area contributed by atoms with Crippen molar-refractivity contribution in [2.24, 2.45) is 0 Å². The van der Waals surface area contributed by atoms with Gasteiger partial charge in [-0.3, -0.25) is 4.79 Å². The molecule has 100 valence electrons. The number of nitrogens with one attached hydrogen (secondary N) is 1. The quantitative estimate of drug-likeness (QED) is 0.760. The molecule has 1 heterocycles. The van der Waals surface area contributed by atoms with Gasteiger partial charge in [-0.05, 0) is 22.9 Å². The Balaban J connectivity index is 2.08. The average molecular weight is 289 g/mol. The zero-order chi connectivity index (χ0) is 14.1. The van der Waals surface area contributed by atoms with E-state index in [-0.39, 0.29) is 22.4 Å². The summed E-state index contributed by atoms with van der Waals surface area (Å²) < 4.78 is 5.42. The number of ether oxygens (including phenoxy) is 1. The summed E-state index contributed by atoms with van der Waals surface area (Å²) in [5.41, 5.74) is -0.503. The lowest BCUT2D eigenvalue weighted by molar-refractivity contribution is 0.403. The summed E-state index contributed by atoms with van der Waals surface area (Å²) in [6.07, 6.45) is 1.18. The van der Waals surface area contributed by atoms with Crippen LogP contribution >= 0.6 is 11.6 Å². The monoisotopic (exact) mass is 288 g/mol. The number of H-pyrrole nitrogens is 1. The van der Waals surface area contributed by atoms with Crippen LogP contribution in [0.2, 0.25) is 5.02 Å². The fourth-order valence-electron chi connectivity index (χ4n) is 1.83. The fraction of sp³-hybridized carbons (Fsp3) is 0. The van der Waals surface area contributed by atoms with Crippen molar-refractivity contribution in [3.63, 3.8) is 0 Å². The van der Waals surface area contributed by atoms with Crippen molar-refractivity contribution in [1.29, 1.82) is 0 Å². The van der Waals surface area contributed by atoms with E-state index in [1.54, 1.807) is 12.1 Å². The van der Waals surface area contributed by atoms with E-state index in [9.17, 15) is 9.90 Å². The molecule has 5 nitrogen and oxygen atoms in total. The molecule has 3 aromatic rings. The van der Waals surface area contributed by atoms with E-state index < -0.39 is 5.56 Å². The molecule has 0 aliphatic heterocycles. The van der Waals surface area contributed by atoms with Gasteiger partial charge in [0.15, 0.2) is 16.5 Å². The highest BCUT2D eigenvalue weighted by Gasteiger charge is 2.12. The molecule has 0 saturated heterocycles. The number of aromatic amines is 1. The Morgan fingerprint density at radius 2 is 1.90 bits per heavy atom. The summed E-state index contributed by atoms with van der Waals surface area (Å²) in [5.74, 6) is 0.0755. The first kappa shape index (κ1) is 12.5. The first-order valence-corrected chi connectivity index (χ1v) is 6.16. The summed E-state index contributed by atoms with van der Waals surface area (Å²) in [5, 5.41) is 11.5. The highest BCUT2D eigenvalue weighted by molar-refractivity contribution is 6.31. The summed E-state index contributed by atoms with van der Waals surface area (Å²) >= 11 is 5.80. The normalized spacial score (nSPS) is 10.7. The molecule has 3 rings (SSSR count). The van der Waals surface area contributed by atoms with E-state index in [1.165, 1.54) is 6.33 Å². The minimum Gasteiger partial charge on any atom is -0.504 e. The van der Waals surface area contributed by atoms with Crippen LogP contribution in [0.5, 0.6) is 17.4 Å². The van der Waals surface area contributed by atoms with Crippen LogP contribution in [0.25, 0.3) is 10.8 Å². The SMILES string of the molecule is O=c1[nH]cnc(Oc2cc3ccccc3cc2O)c1Cl. The Hall–Kier alpha value is -2.53. The number of fused-ring (bicyclic) bond motifs is 1. The van der Waals surface area contributed by atoms with E-state index >= 15 is 0 Å². The van der Waals surface area contributed by atoms with E-state index in [0.717, 1.165) is 10.8 Å². The highest BCUT2D eigenvalue weighted by atomic mass is 35.5. The topological polar surface area (TPSA) is 75.2 Å². The van der Waals surface area contributed by atoms with Crippen molar-refractivity contribution in [1.82, 2.24) is 9.97 Å². The number of halogens is 1. The molecule has 0 radical (unpaired) electrons. The highest BCUT2D eigenvalue weighted by Crippen LogP contribution is 2.35. The summed E-state index contributed by atoms with van der Waals surface area (Å²) in [6, 6.07) is 10.7. The first-order valence-electron chi connectivity index (χ1n) is 5.78. The zero-order valence-corrected chi connectivity index (χ0v) is 10.9. The van der Waals surface area contributed by atoms with Gasteiger partial charge in [0, 0.05) is 0 Å². The lowest BCUT2D eigenvalue weighted by atomic mass is 10.1. The average Bonchev–Trinajstić information content (AvgIpc) is 2.44. The molecule has 0 aliphatic rings. The van der Waals surface area contributed by atoms with Crippen LogP contribution in [0.15, 0.2) is 47.5 Å². The molecule has 0 amide bonds. The Labute approximate surface area is 118 Å². The van der Waals surface area contributed by atoms with E-state index in [4.69, 9.17) is 16.3 Å². The molecule has 2 N–H and O–H groups in total. The van der Waals surface area contributed by atoms with Gasteiger partial charge < -0.3 is 14.8 Å². The molecule has 0 spiro atoms. The van der Waals surface area contributed by atoms with Crippen LogP contribution < -0.4 is 10.3 Å². The van der Waals surface area contributed by atoms with Crippen molar-refractivity contribution in [2.45, 2.75) is 0 Å². The third kappa shape index (κ3) is 2.19. The number of hydrogen-bond acceptors (Lipinski definition) is 4. The van der Waals surface area contributed by atoms with Gasteiger partial charge in [-0.25, -0.2) is 4.98 Å². The van der Waals surface area contributed by atoms with Crippen molar-refractivity contribution in [2.75, 3.05) is 0 Å². The van der Waals surface area contributed by atoms with Gasteiger partial charge in [0.2, 0.25) is 5.88 Å². The third-order valence-electron chi connectivity index (χ3n) is 2.80. The second-order valence-electron chi connectivity index (χ2n) is 4.12. The Morgan fingerprint density at radius 3 is 2.65 bits per heavy atom. The predicted molar refractivity (Wildman–Crippen MR) is 75.6 cm³/mol. The van der Waals surface area contributed by atoms with Crippen molar-refractivity contribution >= 4 is 22.4 Å². The summed E-state index contributed by atoms with van der Waals surface area (Å²) in [7, 11) is 0. The van der Waals surface area contributed by atoms with Crippen molar-refractivity contribution in [3.05, 3.63) is 58.1 Å². The smallest absolute Gasteiger partial charge is 0.273 e. The molecule has 0 atom stereocenters. The van der Waals surface area contributed by atoms with Gasteiger partial charge in [-0.15, -0.1) is 0 Å². The number of aromatic hydroxyl groups is 1. The Morgan fingerprint density at radius 1 is 1.20 bits per heavy atom. The number of aromatic nitrogens is 2. The number of phenols is 1. The molecular formula is C14H9ClN2O3. The molecule has 0 unspecified atom stereocenters. The molecule has 0 saturated carbocycles. The van der Waals surface area contributed by atoms with Gasteiger partial charge in [0.25, 0.3) is 5.56 Å². The molecule has 2 aromatic carbocycles. The van der Waals surface area contributed by atoms with Gasteiger partial charge >= 0.3 is 0 Å². The van der Waals surface area contributed by atoms with Crippen LogP contribution in [0.1, 0.15) is 0 Å². The maximum absolute atomic E-state index is 11.4. The van der Waals surface area contributed by atoms with E-state index in [0.29, 0.717) is 0 Å². The molecule has 1 aromatic heterocycles. The van der Waals surface area contributed by atoms with Crippen LogP contribution in [0, 0.1) is 0 Å². The molecule has 0 bridgehead atoms. The van der Waals surface area contributed by atoms with Crippen molar-refractivity contribution < 1.29 is 9.84 Å². The van der Waals surface area contributed by atoms with E-state index in [1.807, 2.05) is 24.3 Å². The fourth-order valence-corrected chi connectivity index (χ4v) is 1.97. The second kappa shape index (κ2) is 4.86. The van der Waals surface area contributed by atoms with Crippen LogP contribution in [0.4, 0.5) is 0 Å². The van der Waals surface area contributed by atoms with Crippen LogP contribution in [0.3, 0.4) is 0 Å². The van der Waals surface area contributed by atoms with E-state index in [2.05, 4.69) is 9.97 Å². The lowest BCUT2D eigenvalue weighted by Gasteiger charge is -2.08. The maximum Gasteiger partial charge on any atom is 0.273 e. The predicted octanol–water partition coefficient (Wildman–Crippen LogP) is 3.07. The molecular weight excluding hydrogens is 280 g/mol. The number of rotatable bonds is 2. The number of nitrogens with zero attached hydrogens (tertiary/aromatic N) is 1. The molecule has 0 aliphatic carbocycles. The molecule has 6 heteroatoms.